The number of ether oxygens (including phenoxy) is 1. The number of aromatic amines is 1. The zero-order chi connectivity index (χ0) is 8.97. The number of esters is 1. The Morgan fingerprint density at radius 3 is 3.00 bits per heavy atom. The number of carbonyl (C=O) groups excluding carboxylic acids is 1. The van der Waals surface area contributed by atoms with Gasteiger partial charge >= 0.3 is 5.97 Å². The second kappa shape index (κ2) is 4.06. The summed E-state index contributed by atoms with van der Waals surface area (Å²) >= 11 is 5.44. The lowest BCUT2D eigenvalue weighted by atomic mass is 10.3. The Hall–Kier alpha value is -1.10. The van der Waals surface area contributed by atoms with E-state index in [1.807, 2.05) is 0 Å². The van der Waals surface area contributed by atoms with E-state index in [4.69, 9.17) is 11.6 Å². The van der Waals surface area contributed by atoms with E-state index in [1.165, 1.54) is 7.11 Å². The second-order valence-electron chi connectivity index (χ2n) is 2.13. The monoisotopic (exact) mass is 189 g/mol. The Labute approximate surface area is 74.1 Å². The van der Waals surface area contributed by atoms with Crippen LogP contribution in [0, 0.1) is 0 Å². The Morgan fingerprint density at radius 1 is 1.75 bits per heavy atom. The van der Waals surface area contributed by atoms with Gasteiger partial charge in [-0.15, -0.1) is 5.10 Å². The molecule has 5 nitrogen and oxygen atoms in total. The Balaban J connectivity index is 2.38. The summed E-state index contributed by atoms with van der Waals surface area (Å²) in [6, 6.07) is 0. The lowest BCUT2D eigenvalue weighted by Gasteiger charge is -1.94. The second-order valence-corrected chi connectivity index (χ2v) is 2.47. The van der Waals surface area contributed by atoms with Crippen LogP contribution in [0.5, 0.6) is 0 Å². The highest BCUT2D eigenvalue weighted by Gasteiger charge is 2.04. The molecule has 66 valence electrons. The van der Waals surface area contributed by atoms with Crippen LogP contribution in [0.4, 0.5) is 0 Å². The number of H-pyrrole nitrogens is 1. The smallest absolute Gasteiger partial charge is 0.305 e. The summed E-state index contributed by atoms with van der Waals surface area (Å²) in [4.78, 5) is 14.5. The number of halogens is 1. The first-order chi connectivity index (χ1) is 5.72. The number of hydrogen-bond acceptors (Lipinski definition) is 4. The van der Waals surface area contributed by atoms with Crippen molar-refractivity contribution in [3.8, 4) is 0 Å². The summed E-state index contributed by atoms with van der Waals surface area (Å²) < 4.78 is 4.44. The molecule has 1 rings (SSSR count). The SMILES string of the molecule is COC(=O)CCc1nc(Cl)n[nH]1. The maximum atomic E-state index is 10.7. The summed E-state index contributed by atoms with van der Waals surface area (Å²) in [7, 11) is 1.34. The van der Waals surface area contributed by atoms with Crippen molar-refractivity contribution >= 4 is 17.6 Å². The topological polar surface area (TPSA) is 67.9 Å². The van der Waals surface area contributed by atoms with Gasteiger partial charge in [0.05, 0.1) is 13.5 Å². The highest BCUT2D eigenvalue weighted by Crippen LogP contribution is 2.01. The minimum absolute atomic E-state index is 0.162. The van der Waals surface area contributed by atoms with Crippen LogP contribution in [0.15, 0.2) is 0 Å². The van der Waals surface area contributed by atoms with E-state index in [2.05, 4.69) is 19.9 Å². The number of hydrogen-bond donors (Lipinski definition) is 1. The van der Waals surface area contributed by atoms with Crippen LogP contribution in [0.1, 0.15) is 12.2 Å². The first-order valence-electron chi connectivity index (χ1n) is 3.36. The fourth-order valence-corrected chi connectivity index (χ4v) is 0.851. The normalized spacial score (nSPS) is 9.83. The van der Waals surface area contributed by atoms with E-state index in [0.717, 1.165) is 0 Å². The van der Waals surface area contributed by atoms with Gasteiger partial charge in [-0.25, -0.2) is 4.98 Å². The molecule has 0 aromatic carbocycles. The quantitative estimate of drug-likeness (QED) is 0.706. The highest BCUT2D eigenvalue weighted by molar-refractivity contribution is 6.28. The molecule has 0 spiro atoms. The third-order valence-corrected chi connectivity index (χ3v) is 1.47. The Morgan fingerprint density at radius 2 is 2.50 bits per heavy atom. The van der Waals surface area contributed by atoms with E-state index in [0.29, 0.717) is 12.2 Å². The lowest BCUT2D eigenvalue weighted by Crippen LogP contribution is -2.02. The molecule has 0 atom stereocenters. The number of rotatable bonds is 3. The van der Waals surface area contributed by atoms with Gasteiger partial charge in [0, 0.05) is 6.42 Å². The van der Waals surface area contributed by atoms with Gasteiger partial charge in [0.1, 0.15) is 5.82 Å². The van der Waals surface area contributed by atoms with Crippen LogP contribution < -0.4 is 0 Å². The maximum Gasteiger partial charge on any atom is 0.305 e. The molecular formula is C6H8ClN3O2. The Kier molecular flexibility index (Phi) is 3.04. The van der Waals surface area contributed by atoms with E-state index in [1.54, 1.807) is 0 Å². The highest BCUT2D eigenvalue weighted by atomic mass is 35.5. The van der Waals surface area contributed by atoms with Crippen molar-refractivity contribution in [3.05, 3.63) is 11.1 Å². The molecule has 0 amide bonds. The van der Waals surface area contributed by atoms with Crippen molar-refractivity contribution in [1.82, 2.24) is 15.2 Å². The zero-order valence-corrected chi connectivity index (χ0v) is 7.26. The predicted octanol–water partition coefficient (Wildman–Crippen LogP) is 0.564. The van der Waals surface area contributed by atoms with E-state index >= 15 is 0 Å². The van der Waals surface area contributed by atoms with Crippen LogP contribution in [-0.2, 0) is 16.0 Å². The average molecular weight is 190 g/mol. The molecule has 0 unspecified atom stereocenters. The summed E-state index contributed by atoms with van der Waals surface area (Å²) in [6.45, 7) is 0. The molecule has 0 fully saturated rings. The standard InChI is InChI=1S/C6H8ClN3O2/c1-12-5(11)3-2-4-8-6(7)10-9-4/h2-3H2,1H3,(H,8,9,10). The van der Waals surface area contributed by atoms with Gasteiger partial charge in [-0.3, -0.25) is 9.89 Å². The number of carbonyl (C=O) groups is 1. The molecule has 0 aliphatic heterocycles. The summed E-state index contributed by atoms with van der Waals surface area (Å²) in [5, 5.41) is 6.34. The summed E-state index contributed by atoms with van der Waals surface area (Å²) in [5.74, 6) is 0.313. The van der Waals surface area contributed by atoms with Gasteiger partial charge in [0.15, 0.2) is 0 Å². The van der Waals surface area contributed by atoms with Crippen molar-refractivity contribution < 1.29 is 9.53 Å². The van der Waals surface area contributed by atoms with Crippen molar-refractivity contribution in [3.63, 3.8) is 0 Å². The average Bonchev–Trinajstić information content (AvgIpc) is 2.47. The predicted molar refractivity (Wildman–Crippen MR) is 41.7 cm³/mol. The van der Waals surface area contributed by atoms with E-state index in [9.17, 15) is 4.79 Å². The van der Waals surface area contributed by atoms with Crippen molar-refractivity contribution in [2.75, 3.05) is 7.11 Å². The molecule has 0 aliphatic rings. The molecule has 1 heterocycles. The molecule has 1 aromatic rings. The first kappa shape index (κ1) is 8.99. The van der Waals surface area contributed by atoms with Gasteiger partial charge in [-0.05, 0) is 11.6 Å². The molecule has 0 aliphatic carbocycles. The van der Waals surface area contributed by atoms with Gasteiger partial charge in [-0.2, -0.15) is 0 Å². The van der Waals surface area contributed by atoms with Crippen molar-refractivity contribution in [2.45, 2.75) is 12.8 Å². The molecule has 0 saturated heterocycles. The summed E-state index contributed by atoms with van der Waals surface area (Å²) in [5.41, 5.74) is 0. The number of nitrogens with zero attached hydrogens (tertiary/aromatic N) is 2. The van der Waals surface area contributed by atoms with Gasteiger partial charge in [-0.1, -0.05) is 0 Å². The molecule has 1 N–H and O–H groups in total. The molecule has 1 aromatic heterocycles. The van der Waals surface area contributed by atoms with Crippen molar-refractivity contribution in [1.29, 1.82) is 0 Å². The Bertz CT molecular complexity index is 274. The number of methoxy groups -OCH3 is 1. The van der Waals surface area contributed by atoms with Gasteiger partial charge in [0.25, 0.3) is 0 Å². The van der Waals surface area contributed by atoms with Crippen LogP contribution in [0.3, 0.4) is 0 Å². The lowest BCUT2D eigenvalue weighted by molar-refractivity contribution is -0.140. The molecule has 0 bridgehead atoms. The molecule has 12 heavy (non-hydrogen) atoms. The molecule has 6 heteroatoms. The summed E-state index contributed by atoms with van der Waals surface area (Å²) in [6.07, 6.45) is 0.744. The molecule has 0 radical (unpaired) electrons. The number of aryl methyl sites for hydroxylation is 1. The fraction of sp³-hybridized carbons (Fsp3) is 0.500. The van der Waals surface area contributed by atoms with Crippen LogP contribution in [0.25, 0.3) is 0 Å². The number of nitrogens with one attached hydrogen (secondary N) is 1. The minimum atomic E-state index is -0.275. The van der Waals surface area contributed by atoms with Crippen LogP contribution >= 0.6 is 11.6 Å². The zero-order valence-electron chi connectivity index (χ0n) is 6.50. The molecular weight excluding hydrogens is 182 g/mol. The molecule has 0 saturated carbocycles. The van der Waals surface area contributed by atoms with Gasteiger partial charge in [0.2, 0.25) is 5.28 Å². The van der Waals surface area contributed by atoms with E-state index in [-0.39, 0.29) is 17.7 Å². The fourth-order valence-electron chi connectivity index (χ4n) is 0.706. The maximum absolute atomic E-state index is 10.7. The van der Waals surface area contributed by atoms with Crippen LogP contribution in [-0.4, -0.2) is 28.3 Å². The third kappa shape index (κ3) is 2.50. The number of aromatic nitrogens is 3. The largest absolute Gasteiger partial charge is 0.469 e. The van der Waals surface area contributed by atoms with Gasteiger partial charge < -0.3 is 4.74 Å². The van der Waals surface area contributed by atoms with E-state index < -0.39 is 0 Å². The van der Waals surface area contributed by atoms with Crippen molar-refractivity contribution in [2.24, 2.45) is 0 Å². The minimum Gasteiger partial charge on any atom is -0.469 e. The third-order valence-electron chi connectivity index (χ3n) is 1.30. The first-order valence-corrected chi connectivity index (χ1v) is 3.73. The van der Waals surface area contributed by atoms with Crippen LogP contribution in [0.2, 0.25) is 5.28 Å².